The van der Waals surface area contributed by atoms with Crippen molar-refractivity contribution in [1.29, 1.82) is 0 Å². The minimum absolute atomic E-state index is 0.0583. The Hall–Kier alpha value is -2.12. The van der Waals surface area contributed by atoms with Gasteiger partial charge in [0.25, 0.3) is 0 Å². The van der Waals surface area contributed by atoms with Crippen LogP contribution in [0.1, 0.15) is 20.3 Å². The van der Waals surface area contributed by atoms with Crippen LogP contribution in [0.5, 0.6) is 0 Å². The number of carboxylic acid groups (broad SMARTS) is 1. The number of hydrogen-bond acceptors (Lipinski definition) is 5. The van der Waals surface area contributed by atoms with E-state index in [-0.39, 0.29) is 18.9 Å². The van der Waals surface area contributed by atoms with E-state index in [1.807, 2.05) is 13.8 Å². The standard InChI is InChI=1S/C11H18N2O6/c1-6(2)4-7(13-10(16)11(17)18)9(15)12-5-8(14)19-3/h6-7H,4-5H2,1-3H3,(H,12,15)(H,13,16)(H,17,18)/t7-/m0/s1. The van der Waals surface area contributed by atoms with E-state index in [0.29, 0.717) is 0 Å². The summed E-state index contributed by atoms with van der Waals surface area (Å²) in [5.41, 5.74) is 0. The van der Waals surface area contributed by atoms with Crippen molar-refractivity contribution in [3.8, 4) is 0 Å². The third kappa shape index (κ3) is 7.02. The van der Waals surface area contributed by atoms with Crippen LogP contribution in [0, 0.1) is 5.92 Å². The van der Waals surface area contributed by atoms with E-state index in [0.717, 1.165) is 0 Å². The van der Waals surface area contributed by atoms with Crippen LogP contribution in [0.25, 0.3) is 0 Å². The SMILES string of the molecule is COC(=O)CNC(=O)[C@H](CC(C)C)NC(=O)C(=O)O. The minimum Gasteiger partial charge on any atom is -0.474 e. The largest absolute Gasteiger partial charge is 0.474 e. The summed E-state index contributed by atoms with van der Waals surface area (Å²) >= 11 is 0. The molecule has 19 heavy (non-hydrogen) atoms. The molecule has 3 N–H and O–H groups in total. The van der Waals surface area contributed by atoms with Gasteiger partial charge in [0.15, 0.2) is 0 Å². The maximum atomic E-state index is 11.7. The monoisotopic (exact) mass is 274 g/mol. The van der Waals surface area contributed by atoms with Gasteiger partial charge in [0.2, 0.25) is 5.91 Å². The van der Waals surface area contributed by atoms with Gasteiger partial charge in [-0.3, -0.25) is 14.4 Å². The Kier molecular flexibility index (Phi) is 7.16. The number of ether oxygens (including phenoxy) is 1. The van der Waals surface area contributed by atoms with Crippen molar-refractivity contribution in [3.05, 3.63) is 0 Å². The Labute approximate surface area is 110 Å². The number of rotatable bonds is 6. The van der Waals surface area contributed by atoms with Crippen molar-refractivity contribution < 1.29 is 29.0 Å². The number of carbonyl (C=O) groups is 4. The van der Waals surface area contributed by atoms with Crippen molar-refractivity contribution in [2.24, 2.45) is 5.92 Å². The van der Waals surface area contributed by atoms with Gasteiger partial charge in [0, 0.05) is 0 Å². The van der Waals surface area contributed by atoms with Gasteiger partial charge >= 0.3 is 17.8 Å². The minimum atomic E-state index is -1.67. The summed E-state index contributed by atoms with van der Waals surface area (Å²) in [5, 5.41) is 12.8. The molecule has 1 atom stereocenters. The van der Waals surface area contributed by atoms with Gasteiger partial charge in [0.1, 0.15) is 12.6 Å². The third-order valence-electron chi connectivity index (χ3n) is 2.16. The summed E-state index contributed by atoms with van der Waals surface area (Å²) in [6.45, 7) is 3.29. The van der Waals surface area contributed by atoms with Gasteiger partial charge in [-0.2, -0.15) is 0 Å². The van der Waals surface area contributed by atoms with Gasteiger partial charge in [-0.25, -0.2) is 4.79 Å². The molecule has 8 heteroatoms. The van der Waals surface area contributed by atoms with Crippen LogP contribution in [0.4, 0.5) is 0 Å². The molecule has 0 spiro atoms. The van der Waals surface area contributed by atoms with Crippen LogP contribution in [0.3, 0.4) is 0 Å². The van der Waals surface area contributed by atoms with Crippen molar-refractivity contribution in [1.82, 2.24) is 10.6 Å². The first-order valence-corrected chi connectivity index (χ1v) is 5.66. The van der Waals surface area contributed by atoms with E-state index in [1.54, 1.807) is 0 Å². The van der Waals surface area contributed by atoms with Crippen LogP contribution < -0.4 is 10.6 Å². The van der Waals surface area contributed by atoms with Gasteiger partial charge < -0.3 is 20.5 Å². The van der Waals surface area contributed by atoms with Crippen LogP contribution >= 0.6 is 0 Å². The molecule has 0 rings (SSSR count). The Morgan fingerprint density at radius 1 is 1.21 bits per heavy atom. The first kappa shape index (κ1) is 16.9. The molecule has 0 aliphatic carbocycles. The second-order valence-electron chi connectivity index (χ2n) is 4.25. The molecule has 0 heterocycles. The second-order valence-corrected chi connectivity index (χ2v) is 4.25. The number of carbonyl (C=O) groups excluding carboxylic acids is 3. The quantitative estimate of drug-likeness (QED) is 0.417. The maximum Gasteiger partial charge on any atom is 0.394 e. The molecule has 0 unspecified atom stereocenters. The lowest BCUT2D eigenvalue weighted by atomic mass is 10.0. The molecule has 0 aromatic heterocycles. The fourth-order valence-corrected chi connectivity index (χ4v) is 1.28. The van der Waals surface area contributed by atoms with Gasteiger partial charge in [0.05, 0.1) is 7.11 Å². The molecular formula is C11H18N2O6. The van der Waals surface area contributed by atoms with Crippen molar-refractivity contribution in [2.45, 2.75) is 26.3 Å². The zero-order valence-corrected chi connectivity index (χ0v) is 11.1. The van der Waals surface area contributed by atoms with E-state index in [4.69, 9.17) is 5.11 Å². The number of esters is 1. The highest BCUT2D eigenvalue weighted by Crippen LogP contribution is 2.05. The van der Waals surface area contributed by atoms with E-state index in [1.165, 1.54) is 7.11 Å². The van der Waals surface area contributed by atoms with E-state index in [9.17, 15) is 19.2 Å². The molecule has 2 amide bonds. The average Bonchev–Trinajstić information content (AvgIpc) is 2.33. The maximum absolute atomic E-state index is 11.7. The Bertz CT molecular complexity index is 366. The number of amides is 2. The van der Waals surface area contributed by atoms with Crippen LogP contribution in [-0.2, 0) is 23.9 Å². The lowest BCUT2D eigenvalue weighted by molar-refractivity contribution is -0.151. The van der Waals surface area contributed by atoms with E-state index >= 15 is 0 Å². The fraction of sp³-hybridized carbons (Fsp3) is 0.636. The summed E-state index contributed by atoms with van der Waals surface area (Å²) in [4.78, 5) is 44.1. The number of aliphatic carboxylic acids is 1. The Morgan fingerprint density at radius 3 is 2.21 bits per heavy atom. The first-order chi connectivity index (χ1) is 8.77. The predicted octanol–water partition coefficient (Wildman–Crippen LogP) is -1.11. The Balaban J connectivity index is 4.56. The molecule has 0 saturated carbocycles. The molecule has 0 fully saturated rings. The normalized spacial score (nSPS) is 11.6. The summed E-state index contributed by atoms with van der Waals surface area (Å²) in [7, 11) is 1.17. The smallest absolute Gasteiger partial charge is 0.394 e. The molecule has 8 nitrogen and oxygen atoms in total. The number of methoxy groups -OCH3 is 1. The molecule has 0 saturated heterocycles. The summed E-state index contributed by atoms with van der Waals surface area (Å²) in [6, 6.07) is -1.01. The second kappa shape index (κ2) is 8.06. The van der Waals surface area contributed by atoms with Gasteiger partial charge in [-0.1, -0.05) is 13.8 Å². The Morgan fingerprint density at radius 2 is 1.79 bits per heavy atom. The van der Waals surface area contributed by atoms with Crippen molar-refractivity contribution in [2.75, 3.05) is 13.7 Å². The highest BCUT2D eigenvalue weighted by molar-refractivity contribution is 6.32. The number of carboxylic acids is 1. The van der Waals surface area contributed by atoms with E-state index in [2.05, 4.69) is 15.4 Å². The zero-order chi connectivity index (χ0) is 15.0. The van der Waals surface area contributed by atoms with Crippen molar-refractivity contribution in [3.63, 3.8) is 0 Å². The van der Waals surface area contributed by atoms with Crippen LogP contribution in [-0.4, -0.2) is 48.6 Å². The average molecular weight is 274 g/mol. The van der Waals surface area contributed by atoms with Crippen molar-refractivity contribution >= 4 is 23.8 Å². The molecule has 108 valence electrons. The van der Waals surface area contributed by atoms with Crippen LogP contribution in [0.15, 0.2) is 0 Å². The zero-order valence-electron chi connectivity index (χ0n) is 11.1. The summed E-state index contributed by atoms with van der Waals surface area (Å²) in [5.74, 6) is -4.15. The van der Waals surface area contributed by atoms with Gasteiger partial charge in [-0.15, -0.1) is 0 Å². The molecule has 0 aliphatic heterocycles. The first-order valence-electron chi connectivity index (χ1n) is 5.66. The third-order valence-corrected chi connectivity index (χ3v) is 2.16. The summed E-state index contributed by atoms with van der Waals surface area (Å²) < 4.78 is 4.35. The molecule has 0 radical (unpaired) electrons. The highest BCUT2D eigenvalue weighted by Gasteiger charge is 2.24. The number of hydrogen-bond donors (Lipinski definition) is 3. The van der Waals surface area contributed by atoms with Crippen LogP contribution in [0.2, 0.25) is 0 Å². The lowest BCUT2D eigenvalue weighted by Gasteiger charge is -2.18. The molecule has 0 aromatic rings. The molecule has 0 aliphatic rings. The predicted molar refractivity (Wildman–Crippen MR) is 64.0 cm³/mol. The summed E-state index contributed by atoms with van der Waals surface area (Å²) in [6.07, 6.45) is 0.256. The topological polar surface area (TPSA) is 122 Å². The van der Waals surface area contributed by atoms with E-state index < -0.39 is 29.8 Å². The molecule has 0 aromatic carbocycles. The fourth-order valence-electron chi connectivity index (χ4n) is 1.28. The van der Waals surface area contributed by atoms with Gasteiger partial charge in [-0.05, 0) is 12.3 Å². The molecular weight excluding hydrogens is 256 g/mol. The number of nitrogens with one attached hydrogen (secondary N) is 2. The highest BCUT2D eigenvalue weighted by atomic mass is 16.5. The lowest BCUT2D eigenvalue weighted by Crippen LogP contribution is -2.50. The molecule has 0 bridgehead atoms.